The summed E-state index contributed by atoms with van der Waals surface area (Å²) >= 11 is 0. The van der Waals surface area contributed by atoms with Crippen molar-refractivity contribution in [2.45, 2.75) is 121 Å². The van der Waals surface area contributed by atoms with Crippen molar-refractivity contribution in [2.75, 3.05) is 56.2 Å². The molecule has 2 aliphatic carbocycles. The van der Waals surface area contributed by atoms with E-state index < -0.39 is 0 Å². The van der Waals surface area contributed by atoms with E-state index in [0.717, 1.165) is 181 Å². The fourth-order valence-corrected chi connectivity index (χ4v) is 14.6. The van der Waals surface area contributed by atoms with Gasteiger partial charge in [0, 0.05) is 85.2 Å². The molecule has 8 heterocycles. The Morgan fingerprint density at radius 2 is 0.581 bits per heavy atom. The Hall–Kier alpha value is -14.2. The zero-order valence-electron chi connectivity index (χ0n) is 68.5. The molecule has 0 spiro atoms. The Kier molecular flexibility index (Phi) is 27.5. The van der Waals surface area contributed by atoms with Gasteiger partial charge >= 0.3 is 0 Å². The molecule has 634 valence electrons. The molecule has 2 saturated carbocycles. The number of hydrogen-bond donors (Lipinski definition) is 8. The van der Waals surface area contributed by atoms with Crippen molar-refractivity contribution in [1.82, 2.24) is 61.3 Å². The van der Waals surface area contributed by atoms with Gasteiger partial charge in [-0.3, -0.25) is 0 Å². The second-order valence-corrected chi connectivity index (χ2v) is 31.0. The molecule has 20 rings (SSSR count). The van der Waals surface area contributed by atoms with Gasteiger partial charge in [-0.2, -0.15) is 24.9 Å². The summed E-state index contributed by atoms with van der Waals surface area (Å²) in [6, 6.07) is 74.4. The molecule has 1 unspecified atom stereocenters. The lowest BCUT2D eigenvalue weighted by atomic mass is 9.89. The molecule has 3 saturated heterocycles. The molecule has 10 aromatic carbocycles. The number of phenols is 3. The van der Waals surface area contributed by atoms with Crippen LogP contribution in [0.4, 0.5) is 17.1 Å². The zero-order valence-corrected chi connectivity index (χ0v) is 68.5. The number of anilines is 3. The first-order chi connectivity index (χ1) is 60.8. The van der Waals surface area contributed by atoms with E-state index in [-0.39, 0.29) is 29.5 Å². The number of aromatic nitrogens is 10. The van der Waals surface area contributed by atoms with Crippen LogP contribution < -0.4 is 46.4 Å². The smallest absolute Gasteiger partial charge is 0.258 e. The van der Waals surface area contributed by atoms with Crippen LogP contribution in [0.1, 0.15) is 90.4 Å². The predicted octanol–water partition coefficient (Wildman–Crippen LogP) is 19.0. The lowest BCUT2D eigenvalue weighted by molar-refractivity contribution is 0.135. The number of phenolic OH excluding ortho intramolecular Hbond substituents is 3. The number of nitrogen functional groups attached to an aromatic ring is 2. The number of piperidine rings is 2. The maximum Gasteiger partial charge on any atom is 0.258 e. The molecule has 0 radical (unpaired) electrons. The van der Waals surface area contributed by atoms with E-state index in [1.54, 1.807) is 84.9 Å². The molecule has 28 nitrogen and oxygen atoms in total. The minimum absolute atomic E-state index is 0.137. The van der Waals surface area contributed by atoms with E-state index in [0.29, 0.717) is 94.8 Å². The first-order valence-corrected chi connectivity index (χ1v) is 42.0. The van der Waals surface area contributed by atoms with Crippen LogP contribution >= 0.6 is 0 Å². The molecule has 124 heavy (non-hydrogen) atoms. The van der Waals surface area contributed by atoms with Gasteiger partial charge in [-0.25, -0.2) is 0 Å². The Balaban J connectivity index is 0.000000115. The minimum Gasteiger partial charge on any atom is -0.508 e. The van der Waals surface area contributed by atoms with Crippen LogP contribution in [0.15, 0.2) is 265 Å². The van der Waals surface area contributed by atoms with Crippen LogP contribution in [0, 0.1) is 5.92 Å². The van der Waals surface area contributed by atoms with Crippen molar-refractivity contribution >= 4 is 17.1 Å². The first kappa shape index (κ1) is 83.4. The van der Waals surface area contributed by atoms with Crippen LogP contribution in [-0.2, 0) is 4.74 Å². The Morgan fingerprint density at radius 3 is 0.895 bits per heavy atom. The van der Waals surface area contributed by atoms with Gasteiger partial charge in [-0.05, 0) is 352 Å². The van der Waals surface area contributed by atoms with Crippen LogP contribution in [0.25, 0.3) is 114 Å². The summed E-state index contributed by atoms with van der Waals surface area (Å²) in [5, 5.41) is 58.6. The molecule has 5 fully saturated rings. The molecule has 0 bridgehead atoms. The van der Waals surface area contributed by atoms with E-state index >= 15 is 0 Å². The van der Waals surface area contributed by atoms with Crippen molar-refractivity contribution in [2.24, 2.45) is 5.92 Å². The van der Waals surface area contributed by atoms with Crippen molar-refractivity contribution < 1.29 is 61.6 Å². The number of nitrogens with one attached hydrogen (secondary N) is 3. The average molecular weight is 1670 g/mol. The second kappa shape index (κ2) is 40.9. The van der Waals surface area contributed by atoms with Crippen molar-refractivity contribution in [3.05, 3.63) is 243 Å². The van der Waals surface area contributed by atoms with Gasteiger partial charge in [0.25, 0.3) is 29.5 Å². The monoisotopic (exact) mass is 1670 g/mol. The molecule has 15 aromatic rings. The summed E-state index contributed by atoms with van der Waals surface area (Å²) in [4.78, 5) is 22.2. The van der Waals surface area contributed by atoms with Crippen molar-refractivity contribution in [3.63, 3.8) is 0 Å². The average Bonchev–Trinajstić information content (AvgIpc) is 1.70. The van der Waals surface area contributed by atoms with Crippen LogP contribution in [0.2, 0.25) is 0 Å². The molecule has 1 atom stereocenters. The zero-order chi connectivity index (χ0) is 84.8. The van der Waals surface area contributed by atoms with E-state index in [9.17, 15) is 15.3 Å². The number of rotatable bonds is 20. The lowest BCUT2D eigenvalue weighted by Crippen LogP contribution is -2.35. The number of nitrogens with two attached hydrogens (primary N) is 2. The summed E-state index contributed by atoms with van der Waals surface area (Å²) in [6.45, 7) is 7.87. The topological polar surface area (TPSA) is 390 Å². The largest absolute Gasteiger partial charge is 0.508 e. The fraction of sp³-hybridized carbons (Fsp3) is 0.271. The van der Waals surface area contributed by atoms with Crippen molar-refractivity contribution in [3.8, 4) is 154 Å². The van der Waals surface area contributed by atoms with Gasteiger partial charge < -0.3 is 89.0 Å². The minimum atomic E-state index is 0.137. The molecular formula is C96H97N15O13. The number of nitrogens with zero attached hydrogens (tertiary/aromatic N) is 10. The quantitative estimate of drug-likeness (QED) is 0.0329. The number of ether oxygens (including phenoxy) is 5. The maximum absolute atomic E-state index is 9.36. The molecule has 28 heteroatoms. The van der Waals surface area contributed by atoms with Gasteiger partial charge in [0.1, 0.15) is 52.5 Å². The van der Waals surface area contributed by atoms with Gasteiger partial charge in [0.2, 0.25) is 29.1 Å². The molecule has 3 aliphatic heterocycles. The highest BCUT2D eigenvalue weighted by molar-refractivity contribution is 5.67. The van der Waals surface area contributed by atoms with Gasteiger partial charge in [-0.1, -0.05) is 32.7 Å². The van der Waals surface area contributed by atoms with Gasteiger partial charge in [-0.15, -0.1) is 0 Å². The van der Waals surface area contributed by atoms with E-state index in [4.69, 9.17) is 57.8 Å². The number of aromatic hydroxyl groups is 3. The third-order valence-corrected chi connectivity index (χ3v) is 21.7. The summed E-state index contributed by atoms with van der Waals surface area (Å²) in [5.41, 5.74) is 22.3. The van der Waals surface area contributed by atoms with E-state index in [1.807, 2.05) is 158 Å². The molecule has 10 N–H and O–H groups in total. The highest BCUT2D eigenvalue weighted by atomic mass is 16.5. The molecule has 0 amide bonds. The number of hydrogen-bond acceptors (Lipinski definition) is 28. The van der Waals surface area contributed by atoms with E-state index in [2.05, 4.69) is 73.6 Å². The standard InChI is InChI=1S/C21H22N2O3.C19H20N4O2.C19H19N3O3.C19H19N3O2.C18H17N3O3/c1-14-2-10-18(11-3-14)25-19-12-6-15(7-13-19)20-22-21(26-23-20)16-4-8-17(24)9-5-16;24-17-7-3-14(4-8-17)19-22-18(23-25-19)13-1-5-15(6-2-13)21-16-9-11-20-12-10-16;23-15-5-1-14(2-6-15)19-21-18(22-25-19)13-3-7-16(8-4-13)24-17-9-11-20-12-10-17;20-15-9-5-14(6-10-15)19-21-18(22-24-19)13-7-11-17(12-8-13)23-16-3-1-2-4-16;19-14-5-1-13(2-6-14)18-20-17(21-24-18)12-3-7-15(8-4-12)23-16-9-10-22-11-16/h4-9,12-14,18,24H,2-3,10-11H2,1H3;1-8,16,20-21,24H,9-12H2;1-8,17,20,23H,9-12H2;5-12,16H,1-4,20H2;1-8,16H,9-11,19H2. The second-order valence-electron chi connectivity index (χ2n) is 31.0. The molecule has 5 aliphatic rings. The van der Waals surface area contributed by atoms with Crippen LogP contribution in [0.5, 0.6) is 40.2 Å². The Labute approximate surface area is 716 Å². The Morgan fingerprint density at radius 1 is 0.306 bits per heavy atom. The third-order valence-electron chi connectivity index (χ3n) is 21.7. The van der Waals surface area contributed by atoms with Crippen LogP contribution in [-0.4, -0.2) is 136 Å². The SMILES string of the molecule is CC1CCC(Oc2ccc(-c3noc(-c4ccc(O)cc4)n3)cc2)CC1.Nc1ccc(-c2nc(-c3ccc(OC4CCCC4)cc3)no2)cc1.Nc1ccc(-c2nc(-c3ccc(OC4CCOC4)cc3)no2)cc1.Oc1ccc(-c2nc(-c3ccc(NC4CCNCC4)cc3)no2)cc1.Oc1ccc(-c2nc(-c3ccc(OC4CCNCC4)cc3)no2)cc1. The summed E-state index contributed by atoms with van der Waals surface area (Å²) in [6.07, 6.45) is 15.9. The van der Waals surface area contributed by atoms with Crippen molar-refractivity contribution in [1.29, 1.82) is 0 Å². The highest BCUT2D eigenvalue weighted by Crippen LogP contribution is 2.35. The normalized spacial score (nSPS) is 16.5. The fourth-order valence-electron chi connectivity index (χ4n) is 14.6. The Bertz CT molecular complexity index is 5480. The maximum atomic E-state index is 9.36. The van der Waals surface area contributed by atoms with Gasteiger partial charge in [0.15, 0.2) is 0 Å². The summed E-state index contributed by atoms with van der Waals surface area (Å²) < 4.78 is 55.9. The number of benzene rings is 10. The molecular weight excluding hydrogens is 1570 g/mol. The van der Waals surface area contributed by atoms with Gasteiger partial charge in [0.05, 0.1) is 25.4 Å². The summed E-state index contributed by atoms with van der Waals surface area (Å²) in [5.74, 6) is 9.84. The predicted molar refractivity (Wildman–Crippen MR) is 470 cm³/mol. The summed E-state index contributed by atoms with van der Waals surface area (Å²) in [7, 11) is 0. The highest BCUT2D eigenvalue weighted by Gasteiger charge is 2.24. The van der Waals surface area contributed by atoms with Crippen LogP contribution in [0.3, 0.4) is 0 Å². The van der Waals surface area contributed by atoms with E-state index in [1.165, 1.54) is 25.7 Å². The third kappa shape index (κ3) is 23.1. The first-order valence-electron chi connectivity index (χ1n) is 42.0. The lowest BCUT2D eigenvalue weighted by Gasteiger charge is -2.26. The molecule has 5 aromatic heterocycles.